The molecule has 3 heteroatoms. The molecule has 15 heavy (non-hydrogen) atoms. The average Bonchev–Trinajstić information content (AvgIpc) is 2.22. The molecule has 0 amide bonds. The number of fused-ring (bicyclic) bond motifs is 1. The highest BCUT2D eigenvalue weighted by Gasteiger charge is 2.02. The van der Waals surface area contributed by atoms with Crippen LogP contribution in [0.4, 0.5) is 4.39 Å². The smallest absolute Gasteiger partial charge is 0.251 e. The number of nitrogens with zero attached hydrogens (tertiary/aromatic N) is 1. The summed E-state index contributed by atoms with van der Waals surface area (Å²) in [5.74, 6) is 2.08. The summed E-state index contributed by atoms with van der Waals surface area (Å²) in [6.45, 7) is 0.196. The molecule has 0 radical (unpaired) electrons. The van der Waals surface area contributed by atoms with E-state index in [0.717, 1.165) is 0 Å². The average molecular weight is 201 g/mol. The molecule has 2 nitrogen and oxygen atoms in total. The van der Waals surface area contributed by atoms with Crippen LogP contribution in [0.25, 0.3) is 10.9 Å². The third kappa shape index (κ3) is 1.62. The highest BCUT2D eigenvalue weighted by Crippen LogP contribution is 2.13. The first-order valence-corrected chi connectivity index (χ1v) is 4.45. The molecular formula is C12H8FNO. The second-order valence-corrected chi connectivity index (χ2v) is 3.16. The zero-order valence-electron chi connectivity index (χ0n) is 7.90. The third-order valence-corrected chi connectivity index (χ3v) is 2.20. The first-order valence-electron chi connectivity index (χ1n) is 4.45. The van der Waals surface area contributed by atoms with Crippen molar-refractivity contribution in [1.29, 1.82) is 0 Å². The summed E-state index contributed by atoms with van der Waals surface area (Å²) in [5.41, 5.74) is 0.480. The molecule has 0 saturated heterocycles. The molecule has 1 aromatic heterocycles. The SMILES string of the molecule is C#CCn1c(=O)ccc2cc(F)ccc21. The van der Waals surface area contributed by atoms with Crippen molar-refractivity contribution in [2.75, 3.05) is 0 Å². The van der Waals surface area contributed by atoms with Crippen molar-refractivity contribution >= 4 is 10.9 Å². The summed E-state index contributed by atoms with van der Waals surface area (Å²) in [7, 11) is 0. The Hall–Kier alpha value is -2.08. The fourth-order valence-corrected chi connectivity index (χ4v) is 1.53. The molecule has 2 rings (SSSR count). The first-order chi connectivity index (χ1) is 7.22. The lowest BCUT2D eigenvalue weighted by Gasteiger charge is -2.06. The molecule has 0 N–H and O–H groups in total. The number of rotatable bonds is 1. The second kappa shape index (κ2) is 3.58. The minimum atomic E-state index is -0.326. The van der Waals surface area contributed by atoms with Gasteiger partial charge in [-0.3, -0.25) is 9.36 Å². The van der Waals surface area contributed by atoms with E-state index in [9.17, 15) is 9.18 Å². The van der Waals surface area contributed by atoms with Gasteiger partial charge in [0.15, 0.2) is 0 Å². The van der Waals surface area contributed by atoms with Gasteiger partial charge in [0, 0.05) is 11.5 Å². The van der Waals surface area contributed by atoms with E-state index < -0.39 is 0 Å². The van der Waals surface area contributed by atoms with Crippen LogP contribution in [0.5, 0.6) is 0 Å². The summed E-state index contributed by atoms with van der Waals surface area (Å²) in [6, 6.07) is 7.23. The van der Waals surface area contributed by atoms with Gasteiger partial charge in [-0.25, -0.2) is 4.39 Å². The Morgan fingerprint density at radius 1 is 1.33 bits per heavy atom. The van der Waals surface area contributed by atoms with E-state index >= 15 is 0 Å². The molecular weight excluding hydrogens is 193 g/mol. The van der Waals surface area contributed by atoms with Crippen LogP contribution in [0, 0.1) is 18.2 Å². The fourth-order valence-electron chi connectivity index (χ4n) is 1.53. The molecule has 0 spiro atoms. The zero-order chi connectivity index (χ0) is 10.8. The van der Waals surface area contributed by atoms with Crippen molar-refractivity contribution in [1.82, 2.24) is 4.57 Å². The molecule has 1 heterocycles. The van der Waals surface area contributed by atoms with Crippen molar-refractivity contribution < 1.29 is 4.39 Å². The molecule has 0 aliphatic heterocycles. The minimum absolute atomic E-state index is 0.174. The summed E-state index contributed by atoms with van der Waals surface area (Å²) >= 11 is 0. The molecule has 1 aromatic carbocycles. The third-order valence-electron chi connectivity index (χ3n) is 2.20. The van der Waals surface area contributed by atoms with Crippen molar-refractivity contribution in [2.45, 2.75) is 6.54 Å². The van der Waals surface area contributed by atoms with Crippen LogP contribution < -0.4 is 5.56 Å². The van der Waals surface area contributed by atoms with Crippen molar-refractivity contribution in [3.63, 3.8) is 0 Å². The Morgan fingerprint density at radius 3 is 2.87 bits per heavy atom. The van der Waals surface area contributed by atoms with Crippen LogP contribution in [0.3, 0.4) is 0 Å². The van der Waals surface area contributed by atoms with E-state index in [4.69, 9.17) is 6.42 Å². The van der Waals surface area contributed by atoms with E-state index in [-0.39, 0.29) is 17.9 Å². The molecule has 74 valence electrons. The molecule has 0 bridgehead atoms. The number of halogens is 1. The number of hydrogen-bond donors (Lipinski definition) is 0. The van der Waals surface area contributed by atoms with Crippen LogP contribution in [0.15, 0.2) is 35.1 Å². The lowest BCUT2D eigenvalue weighted by molar-refractivity contribution is 0.629. The maximum Gasteiger partial charge on any atom is 0.251 e. The highest BCUT2D eigenvalue weighted by atomic mass is 19.1. The lowest BCUT2D eigenvalue weighted by atomic mass is 10.2. The normalized spacial score (nSPS) is 10.1. The van der Waals surface area contributed by atoms with Gasteiger partial charge >= 0.3 is 0 Å². The zero-order valence-corrected chi connectivity index (χ0v) is 7.90. The van der Waals surface area contributed by atoms with Gasteiger partial charge in [-0.15, -0.1) is 6.42 Å². The largest absolute Gasteiger partial charge is 0.297 e. The van der Waals surface area contributed by atoms with Crippen LogP contribution in [-0.2, 0) is 6.54 Å². The summed E-state index contributed by atoms with van der Waals surface area (Å²) in [4.78, 5) is 11.5. The topological polar surface area (TPSA) is 22.0 Å². The van der Waals surface area contributed by atoms with Crippen LogP contribution in [0.1, 0.15) is 0 Å². The molecule has 0 saturated carbocycles. The van der Waals surface area contributed by atoms with E-state index in [1.807, 2.05) is 0 Å². The van der Waals surface area contributed by atoms with Gasteiger partial charge in [0.25, 0.3) is 5.56 Å². The first kappa shape index (κ1) is 9.47. The molecule has 0 atom stereocenters. The molecule has 2 aromatic rings. The van der Waals surface area contributed by atoms with Crippen molar-refractivity contribution in [2.24, 2.45) is 0 Å². The van der Waals surface area contributed by atoms with E-state index in [2.05, 4.69) is 5.92 Å². The summed E-state index contributed by atoms with van der Waals surface area (Å²) < 4.78 is 14.4. The predicted octanol–water partition coefficient (Wildman–Crippen LogP) is 1.77. The van der Waals surface area contributed by atoms with Crippen molar-refractivity contribution in [3.8, 4) is 12.3 Å². The molecule has 0 unspecified atom stereocenters. The quantitative estimate of drug-likeness (QED) is 0.644. The number of aromatic nitrogens is 1. The number of terminal acetylenes is 1. The monoisotopic (exact) mass is 201 g/mol. The Balaban J connectivity index is 2.83. The van der Waals surface area contributed by atoms with E-state index in [0.29, 0.717) is 10.9 Å². The van der Waals surface area contributed by atoms with Gasteiger partial charge < -0.3 is 0 Å². The number of pyridine rings is 1. The Morgan fingerprint density at radius 2 is 2.13 bits per heavy atom. The second-order valence-electron chi connectivity index (χ2n) is 3.16. The molecule has 0 fully saturated rings. The standard InChI is InChI=1S/C12H8FNO/c1-2-7-14-11-5-4-10(13)8-9(11)3-6-12(14)15/h1,3-6,8H,7H2. The predicted molar refractivity (Wildman–Crippen MR) is 57.0 cm³/mol. The van der Waals surface area contributed by atoms with E-state index in [1.165, 1.54) is 22.8 Å². The number of hydrogen-bond acceptors (Lipinski definition) is 1. The molecule has 0 aliphatic carbocycles. The van der Waals surface area contributed by atoms with Gasteiger partial charge in [-0.05, 0) is 24.3 Å². The lowest BCUT2D eigenvalue weighted by Crippen LogP contribution is -2.18. The van der Waals surface area contributed by atoms with Gasteiger partial charge in [-0.1, -0.05) is 5.92 Å². The van der Waals surface area contributed by atoms with Crippen LogP contribution in [0.2, 0.25) is 0 Å². The number of benzene rings is 1. The fraction of sp³-hybridized carbons (Fsp3) is 0.0833. The maximum atomic E-state index is 12.9. The Labute approximate surface area is 86.0 Å². The van der Waals surface area contributed by atoms with Crippen molar-refractivity contribution in [3.05, 3.63) is 46.5 Å². The van der Waals surface area contributed by atoms with Gasteiger partial charge in [-0.2, -0.15) is 0 Å². The molecule has 0 aliphatic rings. The summed E-state index contributed by atoms with van der Waals surface area (Å²) in [5, 5.41) is 0.671. The summed E-state index contributed by atoms with van der Waals surface area (Å²) in [6.07, 6.45) is 5.17. The van der Waals surface area contributed by atoms with Gasteiger partial charge in [0.2, 0.25) is 0 Å². The highest BCUT2D eigenvalue weighted by molar-refractivity contribution is 5.78. The van der Waals surface area contributed by atoms with E-state index in [1.54, 1.807) is 12.1 Å². The minimum Gasteiger partial charge on any atom is -0.297 e. The Kier molecular flexibility index (Phi) is 2.26. The Bertz CT molecular complexity index is 607. The van der Waals surface area contributed by atoms with Gasteiger partial charge in [0.05, 0.1) is 12.1 Å². The maximum absolute atomic E-state index is 12.9. The van der Waals surface area contributed by atoms with Crippen LogP contribution in [-0.4, -0.2) is 4.57 Å². The van der Waals surface area contributed by atoms with Crippen LogP contribution >= 0.6 is 0 Å². The van der Waals surface area contributed by atoms with Gasteiger partial charge in [0.1, 0.15) is 5.82 Å².